The molecule has 2 aromatic carbocycles. The predicted octanol–water partition coefficient (Wildman–Crippen LogP) is 3.39. The van der Waals surface area contributed by atoms with Crippen molar-refractivity contribution in [2.75, 3.05) is 0 Å². The van der Waals surface area contributed by atoms with Gasteiger partial charge in [0.15, 0.2) is 0 Å². The number of halogens is 2. The zero-order chi connectivity index (χ0) is 15.6. The first kappa shape index (κ1) is 14.9. The van der Waals surface area contributed by atoms with Crippen LogP contribution in [0.2, 0.25) is 0 Å². The summed E-state index contributed by atoms with van der Waals surface area (Å²) in [6.07, 6.45) is 0. The number of nitro benzene ring substituents is 1. The largest absolute Gasteiger partial charge is 0.450 e. The van der Waals surface area contributed by atoms with Crippen molar-refractivity contribution in [3.8, 4) is 11.5 Å². The lowest BCUT2D eigenvalue weighted by molar-refractivity contribution is -0.385. The Morgan fingerprint density at radius 3 is 2.57 bits per heavy atom. The fraction of sp³-hybridized carbons (Fsp3) is 0. The quantitative estimate of drug-likeness (QED) is 0.672. The number of primary amides is 1. The summed E-state index contributed by atoms with van der Waals surface area (Å²) in [7, 11) is 0. The van der Waals surface area contributed by atoms with Gasteiger partial charge in [-0.15, -0.1) is 0 Å². The fourth-order valence-electron chi connectivity index (χ4n) is 1.61. The minimum absolute atomic E-state index is 0.0190. The topological polar surface area (TPSA) is 95.5 Å². The highest BCUT2D eigenvalue weighted by molar-refractivity contribution is 9.10. The molecular weight excluding hydrogens is 347 g/mol. The zero-order valence-corrected chi connectivity index (χ0v) is 12.0. The molecule has 2 rings (SSSR count). The van der Waals surface area contributed by atoms with Crippen LogP contribution in [0.25, 0.3) is 0 Å². The summed E-state index contributed by atoms with van der Waals surface area (Å²) in [5.74, 6) is -1.40. The Labute approximate surface area is 126 Å². The molecule has 0 unspecified atom stereocenters. The van der Waals surface area contributed by atoms with E-state index in [2.05, 4.69) is 15.9 Å². The molecule has 0 saturated heterocycles. The minimum atomic E-state index is -0.793. The number of nitrogens with zero attached hydrogens (tertiary/aromatic N) is 1. The predicted molar refractivity (Wildman–Crippen MR) is 75.8 cm³/mol. The summed E-state index contributed by atoms with van der Waals surface area (Å²) in [5.41, 5.74) is 4.61. The Hall–Kier alpha value is -2.48. The number of carbonyl (C=O) groups is 1. The van der Waals surface area contributed by atoms with Crippen LogP contribution in [0.4, 0.5) is 10.1 Å². The molecule has 0 saturated carbocycles. The van der Waals surface area contributed by atoms with Crippen LogP contribution in [0.5, 0.6) is 11.5 Å². The van der Waals surface area contributed by atoms with Gasteiger partial charge in [0.1, 0.15) is 11.6 Å². The average Bonchev–Trinajstić information content (AvgIpc) is 2.37. The number of ether oxygens (including phenoxy) is 1. The smallest absolute Gasteiger partial charge is 0.312 e. The maximum Gasteiger partial charge on any atom is 0.312 e. The van der Waals surface area contributed by atoms with Gasteiger partial charge in [0.05, 0.1) is 4.92 Å². The molecule has 0 atom stereocenters. The van der Waals surface area contributed by atoms with Crippen molar-refractivity contribution < 1.29 is 18.8 Å². The summed E-state index contributed by atoms with van der Waals surface area (Å²) in [5, 5.41) is 11.0. The molecule has 0 radical (unpaired) electrons. The molecule has 0 heterocycles. The average molecular weight is 355 g/mol. The first-order valence-corrected chi connectivity index (χ1v) is 6.38. The van der Waals surface area contributed by atoms with E-state index in [4.69, 9.17) is 10.5 Å². The molecule has 108 valence electrons. The van der Waals surface area contributed by atoms with Gasteiger partial charge < -0.3 is 10.5 Å². The van der Waals surface area contributed by atoms with Gasteiger partial charge in [-0.2, -0.15) is 0 Å². The lowest BCUT2D eigenvalue weighted by Gasteiger charge is -2.07. The van der Waals surface area contributed by atoms with Crippen LogP contribution in [-0.2, 0) is 0 Å². The number of carbonyl (C=O) groups excluding carboxylic acids is 1. The minimum Gasteiger partial charge on any atom is -0.450 e. The van der Waals surface area contributed by atoms with E-state index in [0.717, 1.165) is 12.1 Å². The Morgan fingerprint density at radius 2 is 2.00 bits per heavy atom. The van der Waals surface area contributed by atoms with Crippen molar-refractivity contribution in [3.63, 3.8) is 0 Å². The van der Waals surface area contributed by atoms with E-state index >= 15 is 0 Å². The lowest BCUT2D eigenvalue weighted by Crippen LogP contribution is -2.11. The summed E-state index contributed by atoms with van der Waals surface area (Å²) in [6.45, 7) is 0. The zero-order valence-electron chi connectivity index (χ0n) is 10.4. The third kappa shape index (κ3) is 3.54. The van der Waals surface area contributed by atoms with Crippen molar-refractivity contribution in [3.05, 3.63) is 62.4 Å². The number of hydrogen-bond donors (Lipinski definition) is 1. The molecular formula is C13H8BrFN2O4. The summed E-state index contributed by atoms with van der Waals surface area (Å²) in [6, 6.07) is 7.28. The van der Waals surface area contributed by atoms with Crippen LogP contribution in [0.1, 0.15) is 10.4 Å². The molecule has 0 bridgehead atoms. The van der Waals surface area contributed by atoms with E-state index in [1.807, 2.05) is 0 Å². The molecule has 0 aliphatic rings. The first-order chi connectivity index (χ1) is 9.86. The molecule has 0 aliphatic carbocycles. The van der Waals surface area contributed by atoms with E-state index in [0.29, 0.717) is 4.47 Å². The van der Waals surface area contributed by atoms with Gasteiger partial charge in [0.2, 0.25) is 11.7 Å². The Morgan fingerprint density at radius 1 is 1.29 bits per heavy atom. The van der Waals surface area contributed by atoms with Crippen molar-refractivity contribution in [1.82, 2.24) is 0 Å². The van der Waals surface area contributed by atoms with E-state index in [1.165, 1.54) is 24.3 Å². The fourth-order valence-corrected chi connectivity index (χ4v) is 2.06. The molecule has 0 fully saturated rings. The van der Waals surface area contributed by atoms with Crippen molar-refractivity contribution in [1.29, 1.82) is 0 Å². The molecule has 6 nitrogen and oxygen atoms in total. The van der Waals surface area contributed by atoms with Gasteiger partial charge in [-0.1, -0.05) is 15.9 Å². The maximum absolute atomic E-state index is 13.3. The second kappa shape index (κ2) is 5.88. The third-order valence-electron chi connectivity index (χ3n) is 2.50. The molecule has 1 amide bonds. The van der Waals surface area contributed by atoms with Gasteiger partial charge in [-0.05, 0) is 24.3 Å². The monoisotopic (exact) mass is 354 g/mol. The van der Waals surface area contributed by atoms with Crippen LogP contribution in [0, 0.1) is 15.9 Å². The molecule has 0 spiro atoms. The van der Waals surface area contributed by atoms with Gasteiger partial charge >= 0.3 is 5.69 Å². The van der Waals surface area contributed by atoms with E-state index < -0.39 is 22.3 Å². The highest BCUT2D eigenvalue weighted by atomic mass is 79.9. The highest BCUT2D eigenvalue weighted by Gasteiger charge is 2.18. The number of nitro groups is 1. The third-order valence-corrected chi connectivity index (χ3v) is 2.96. The first-order valence-electron chi connectivity index (χ1n) is 5.59. The van der Waals surface area contributed by atoms with Gasteiger partial charge in [-0.3, -0.25) is 14.9 Å². The molecule has 21 heavy (non-hydrogen) atoms. The number of benzene rings is 2. The summed E-state index contributed by atoms with van der Waals surface area (Å²) in [4.78, 5) is 21.3. The van der Waals surface area contributed by atoms with Gasteiger partial charge in [0, 0.05) is 22.2 Å². The Kier molecular flexibility index (Phi) is 4.18. The lowest BCUT2D eigenvalue weighted by atomic mass is 10.2. The van der Waals surface area contributed by atoms with E-state index in [-0.39, 0.29) is 17.1 Å². The maximum atomic E-state index is 13.3. The Balaban J connectivity index is 2.43. The highest BCUT2D eigenvalue weighted by Crippen LogP contribution is 2.33. The molecule has 2 N–H and O–H groups in total. The SMILES string of the molecule is NC(=O)c1ccc(Oc2cc(F)cc(Br)c2)c([N+](=O)[O-])c1. The van der Waals surface area contributed by atoms with Crippen LogP contribution < -0.4 is 10.5 Å². The van der Waals surface area contributed by atoms with Crippen LogP contribution in [0.3, 0.4) is 0 Å². The molecule has 8 heteroatoms. The van der Waals surface area contributed by atoms with E-state index in [9.17, 15) is 19.3 Å². The standard InChI is InChI=1S/C13H8BrFN2O4/c14-8-4-9(15)6-10(5-8)21-12-2-1-7(13(16)18)3-11(12)17(19)20/h1-6H,(H2,16,18). The van der Waals surface area contributed by atoms with E-state index in [1.54, 1.807) is 0 Å². The summed E-state index contributed by atoms with van der Waals surface area (Å²) < 4.78 is 19.0. The van der Waals surface area contributed by atoms with Gasteiger partial charge in [0.25, 0.3) is 0 Å². The second-order valence-corrected chi connectivity index (χ2v) is 4.93. The van der Waals surface area contributed by atoms with Crippen molar-refractivity contribution >= 4 is 27.5 Å². The normalized spacial score (nSPS) is 10.2. The number of hydrogen-bond acceptors (Lipinski definition) is 4. The van der Waals surface area contributed by atoms with Gasteiger partial charge in [-0.25, -0.2) is 4.39 Å². The summed E-state index contributed by atoms with van der Waals surface area (Å²) >= 11 is 3.09. The number of nitrogens with two attached hydrogens (primary N) is 1. The molecule has 0 aromatic heterocycles. The second-order valence-electron chi connectivity index (χ2n) is 4.01. The number of amides is 1. The van der Waals surface area contributed by atoms with Crippen molar-refractivity contribution in [2.45, 2.75) is 0 Å². The molecule has 0 aliphatic heterocycles. The number of rotatable bonds is 4. The molecule has 2 aromatic rings. The van der Waals surface area contributed by atoms with Crippen LogP contribution in [-0.4, -0.2) is 10.8 Å². The Bertz CT molecular complexity index is 716. The van der Waals surface area contributed by atoms with Crippen molar-refractivity contribution in [2.24, 2.45) is 5.73 Å². The van der Waals surface area contributed by atoms with Crippen LogP contribution in [0.15, 0.2) is 40.9 Å². The van der Waals surface area contributed by atoms with Crippen LogP contribution >= 0.6 is 15.9 Å².